The van der Waals surface area contributed by atoms with E-state index in [0.29, 0.717) is 0 Å². The fourth-order valence-corrected chi connectivity index (χ4v) is 8.07. The van der Waals surface area contributed by atoms with Crippen molar-refractivity contribution in [3.05, 3.63) is 45.8 Å². The number of hydrogen-bond donors (Lipinski definition) is 0. The van der Waals surface area contributed by atoms with E-state index in [1.54, 1.807) is 10.4 Å². The van der Waals surface area contributed by atoms with E-state index in [1.165, 1.54) is 23.6 Å². The minimum atomic E-state index is -1.49. The van der Waals surface area contributed by atoms with Gasteiger partial charge in [-0.2, -0.15) is 12.2 Å². The molecule has 108 valence electrons. The van der Waals surface area contributed by atoms with Gasteiger partial charge in [0.15, 0.2) is 0 Å². The minimum absolute atomic E-state index is 0. The largest absolute Gasteiger partial charge is 4.00 e. The molecular formula is C16H22Cl2SiZr. The van der Waals surface area contributed by atoms with Crippen LogP contribution in [0, 0.1) is 12.2 Å². The van der Waals surface area contributed by atoms with Crippen LogP contribution in [-0.2, 0) is 26.2 Å². The third-order valence-corrected chi connectivity index (χ3v) is 9.13. The average Bonchev–Trinajstić information content (AvgIpc) is 2.87. The number of allylic oxidation sites excluding steroid dienone is 8. The zero-order chi connectivity index (χ0) is 12.5. The number of rotatable bonds is 4. The third kappa shape index (κ3) is 4.32. The Morgan fingerprint density at radius 3 is 1.65 bits per heavy atom. The van der Waals surface area contributed by atoms with Crippen LogP contribution in [0.25, 0.3) is 0 Å². The zero-order valence-electron chi connectivity index (χ0n) is 12.7. The molecule has 0 N–H and O–H groups in total. The summed E-state index contributed by atoms with van der Waals surface area (Å²) in [7, 11) is -1.49. The molecule has 0 unspecified atom stereocenters. The van der Waals surface area contributed by atoms with Crippen LogP contribution in [0.15, 0.2) is 33.7 Å². The monoisotopic (exact) mass is 402 g/mol. The van der Waals surface area contributed by atoms with Crippen LogP contribution >= 0.6 is 0 Å². The number of halogens is 2. The normalized spacial score (nSPS) is 17.0. The van der Waals surface area contributed by atoms with Gasteiger partial charge in [-0.1, -0.05) is 47.9 Å². The Hall–Kier alpha value is 0.640. The summed E-state index contributed by atoms with van der Waals surface area (Å²) in [4.78, 5) is 0. The van der Waals surface area contributed by atoms with Crippen molar-refractivity contribution in [3.8, 4) is 0 Å². The second-order valence-corrected chi connectivity index (χ2v) is 9.57. The molecule has 0 amide bonds. The molecule has 20 heavy (non-hydrogen) atoms. The van der Waals surface area contributed by atoms with Crippen molar-refractivity contribution in [3.63, 3.8) is 0 Å². The predicted molar refractivity (Wildman–Crippen MR) is 77.0 cm³/mol. The summed E-state index contributed by atoms with van der Waals surface area (Å²) in [5.74, 6) is 0. The zero-order valence-corrected chi connectivity index (χ0v) is 17.7. The molecule has 0 nitrogen and oxygen atoms in total. The van der Waals surface area contributed by atoms with Crippen molar-refractivity contribution < 1.29 is 51.0 Å². The SMILES string of the molecule is CCC[Si](C)(C1=CC[C-]=C1C)C1=CC[C-]=C1C.[Cl-].[Cl-].[Zr+4]. The summed E-state index contributed by atoms with van der Waals surface area (Å²) in [5.41, 5.74) is 2.82. The average molecular weight is 405 g/mol. The Morgan fingerprint density at radius 2 is 1.40 bits per heavy atom. The van der Waals surface area contributed by atoms with Gasteiger partial charge in [0.1, 0.15) is 0 Å². The topological polar surface area (TPSA) is 0 Å². The van der Waals surface area contributed by atoms with Gasteiger partial charge in [0.2, 0.25) is 0 Å². The first kappa shape index (κ1) is 22.9. The van der Waals surface area contributed by atoms with Crippen molar-refractivity contribution in [2.75, 3.05) is 0 Å². The molecular weight excluding hydrogens is 382 g/mol. The van der Waals surface area contributed by atoms with Crippen molar-refractivity contribution >= 4 is 8.07 Å². The van der Waals surface area contributed by atoms with Crippen LogP contribution in [0.3, 0.4) is 0 Å². The minimum Gasteiger partial charge on any atom is -1.00 e. The van der Waals surface area contributed by atoms with E-state index in [0.717, 1.165) is 12.8 Å². The second kappa shape index (κ2) is 9.62. The third-order valence-electron chi connectivity index (χ3n) is 4.09. The fourth-order valence-electron chi connectivity index (χ4n) is 3.30. The summed E-state index contributed by atoms with van der Waals surface area (Å²) in [5, 5.41) is 3.27. The van der Waals surface area contributed by atoms with Crippen LogP contribution in [0.2, 0.25) is 12.6 Å². The van der Waals surface area contributed by atoms with Gasteiger partial charge in [0.25, 0.3) is 0 Å². The molecule has 0 bridgehead atoms. The maximum absolute atomic E-state index is 3.47. The van der Waals surface area contributed by atoms with E-state index in [4.69, 9.17) is 0 Å². The molecule has 2 rings (SSSR count). The quantitative estimate of drug-likeness (QED) is 0.405. The molecule has 0 spiro atoms. The molecule has 0 aromatic carbocycles. The Bertz CT molecular complexity index is 411. The Kier molecular flexibility index (Phi) is 11.0. The van der Waals surface area contributed by atoms with Crippen LogP contribution in [0.5, 0.6) is 0 Å². The van der Waals surface area contributed by atoms with E-state index in [1.807, 2.05) is 0 Å². The first-order valence-corrected chi connectivity index (χ1v) is 9.37. The molecule has 0 saturated heterocycles. The van der Waals surface area contributed by atoms with E-state index < -0.39 is 8.07 Å². The summed E-state index contributed by atoms with van der Waals surface area (Å²) >= 11 is 0. The second-order valence-electron chi connectivity index (χ2n) is 5.33. The first-order valence-electron chi connectivity index (χ1n) is 6.66. The molecule has 2 aliphatic rings. The molecule has 0 aromatic rings. The Balaban J connectivity index is 0. The van der Waals surface area contributed by atoms with Gasteiger partial charge >= 0.3 is 26.2 Å². The molecule has 2 aliphatic carbocycles. The van der Waals surface area contributed by atoms with Crippen LogP contribution < -0.4 is 24.8 Å². The van der Waals surface area contributed by atoms with E-state index in [-0.39, 0.29) is 51.0 Å². The van der Waals surface area contributed by atoms with E-state index >= 15 is 0 Å². The van der Waals surface area contributed by atoms with Crippen LogP contribution in [0.1, 0.15) is 40.0 Å². The summed E-state index contributed by atoms with van der Waals surface area (Å²) < 4.78 is 0. The molecule has 0 atom stereocenters. The first-order chi connectivity index (χ1) is 8.09. The van der Waals surface area contributed by atoms with Gasteiger partial charge in [-0.05, 0) is 0 Å². The molecule has 0 fully saturated rings. The molecule has 0 radical (unpaired) electrons. The van der Waals surface area contributed by atoms with Crippen molar-refractivity contribution in [1.29, 1.82) is 0 Å². The molecule has 0 saturated carbocycles. The predicted octanol–water partition coefficient (Wildman–Crippen LogP) is -1.28. The van der Waals surface area contributed by atoms with Crippen molar-refractivity contribution in [2.45, 2.75) is 52.6 Å². The van der Waals surface area contributed by atoms with Gasteiger partial charge in [-0.25, -0.2) is 21.5 Å². The van der Waals surface area contributed by atoms with Gasteiger partial charge in [-0.15, -0.1) is 12.8 Å². The van der Waals surface area contributed by atoms with Crippen LogP contribution in [-0.4, -0.2) is 8.07 Å². The standard InChI is InChI=1S/C16H22Si.2ClH.Zr/c1-5-12-17(4,15-10-6-8-13(15)2)16-11-7-9-14(16)3;;;/h10-11H,5-7,12H2,1-4H3;2*1H;/q-2;;;+4/p-2. The van der Waals surface area contributed by atoms with E-state index in [2.05, 4.69) is 51.6 Å². The maximum atomic E-state index is 3.47. The number of hydrogen-bond acceptors (Lipinski definition) is 0. The molecule has 0 aromatic heterocycles. The van der Waals surface area contributed by atoms with Gasteiger partial charge in [0, 0.05) is 0 Å². The van der Waals surface area contributed by atoms with E-state index in [9.17, 15) is 0 Å². The smallest absolute Gasteiger partial charge is 1.00 e. The Morgan fingerprint density at radius 1 is 1.00 bits per heavy atom. The van der Waals surface area contributed by atoms with Crippen molar-refractivity contribution in [1.82, 2.24) is 0 Å². The summed E-state index contributed by atoms with van der Waals surface area (Å²) in [6, 6.07) is 1.35. The van der Waals surface area contributed by atoms with Gasteiger partial charge in [-0.3, -0.25) is 12.2 Å². The molecule has 0 aliphatic heterocycles. The van der Waals surface area contributed by atoms with Gasteiger partial charge < -0.3 is 24.8 Å². The van der Waals surface area contributed by atoms with Crippen LogP contribution in [0.4, 0.5) is 0 Å². The Labute approximate surface area is 156 Å². The van der Waals surface area contributed by atoms with Crippen molar-refractivity contribution in [2.24, 2.45) is 0 Å². The molecule has 4 heteroatoms. The maximum Gasteiger partial charge on any atom is 4.00 e. The fraction of sp³-hybridized carbons (Fsp3) is 0.500. The summed E-state index contributed by atoms with van der Waals surface area (Å²) in [6.07, 6.45) is 15.1. The van der Waals surface area contributed by atoms with Gasteiger partial charge in [0.05, 0.1) is 0 Å². The summed E-state index contributed by atoms with van der Waals surface area (Å²) in [6.45, 7) is 9.30. The molecule has 0 heterocycles.